The number of esters is 1. The van der Waals surface area contributed by atoms with Crippen LogP contribution >= 0.6 is 11.8 Å². The highest BCUT2D eigenvalue weighted by Crippen LogP contribution is 2.41. The molecule has 9 heteroatoms. The van der Waals surface area contributed by atoms with E-state index in [4.69, 9.17) is 14.7 Å². The lowest BCUT2D eigenvalue weighted by Gasteiger charge is -2.33. The fraction of sp³-hybridized carbons (Fsp3) is 0.375. The minimum atomic E-state index is -0.710. The fourth-order valence-electron chi connectivity index (χ4n) is 3.74. The molecule has 8 nitrogen and oxygen atoms in total. The normalized spacial score (nSPS) is 15.1. The van der Waals surface area contributed by atoms with Crippen LogP contribution in [0.3, 0.4) is 0 Å². The number of anilines is 1. The lowest BCUT2D eigenvalue weighted by atomic mass is 10.0. The number of nitrogens with zero attached hydrogens (tertiary/aromatic N) is 1. The Labute approximate surface area is 197 Å². The number of rotatable bonds is 10. The minimum absolute atomic E-state index is 0.227. The van der Waals surface area contributed by atoms with E-state index in [0.29, 0.717) is 17.7 Å². The Bertz CT molecular complexity index is 1010. The third-order valence-corrected chi connectivity index (χ3v) is 6.67. The average molecular weight is 473 g/mol. The zero-order valence-corrected chi connectivity index (χ0v) is 19.5. The molecule has 2 aromatic rings. The van der Waals surface area contributed by atoms with Crippen LogP contribution in [-0.4, -0.2) is 48.5 Å². The summed E-state index contributed by atoms with van der Waals surface area (Å²) >= 11 is 1.43. The van der Waals surface area contributed by atoms with Gasteiger partial charge in [0.25, 0.3) is 5.91 Å². The molecule has 2 amide bonds. The summed E-state index contributed by atoms with van der Waals surface area (Å²) in [6.07, 6.45) is 3.18. The maximum atomic E-state index is 13.2. The molecule has 176 valence electrons. The van der Waals surface area contributed by atoms with E-state index in [9.17, 15) is 14.4 Å². The quantitative estimate of drug-likeness (QED) is 0.236. The number of hydroxylamine groups is 1. The van der Waals surface area contributed by atoms with E-state index < -0.39 is 11.9 Å². The Hall–Kier alpha value is -3.04. The molecule has 2 aromatic carbocycles. The zero-order chi connectivity index (χ0) is 23.8. The predicted octanol–water partition coefficient (Wildman–Crippen LogP) is 3.60. The number of amides is 2. The first-order valence-corrected chi connectivity index (χ1v) is 11.7. The Morgan fingerprint density at radius 1 is 1.18 bits per heavy atom. The molecule has 0 spiro atoms. The molecular weight excluding hydrogens is 444 g/mol. The molecule has 33 heavy (non-hydrogen) atoms. The first-order chi connectivity index (χ1) is 16.0. The number of hydrogen-bond acceptors (Lipinski definition) is 7. The number of nitrogens with one attached hydrogen (secondary N) is 1. The number of unbranched alkanes of at least 4 members (excludes halogenated alkanes) is 1. The van der Waals surface area contributed by atoms with Gasteiger partial charge in [-0.05, 0) is 56.0 Å². The molecule has 1 aliphatic heterocycles. The number of fused-ring (bicyclic) bond motifs is 1. The number of carbonyl (C=O) groups is 3. The highest BCUT2D eigenvalue weighted by Gasteiger charge is 2.35. The molecule has 0 aromatic heterocycles. The summed E-state index contributed by atoms with van der Waals surface area (Å²) in [6, 6.07) is 12.9. The smallest absolute Gasteiger partial charge is 0.338 e. The van der Waals surface area contributed by atoms with Crippen LogP contribution < -0.4 is 15.1 Å². The second kappa shape index (κ2) is 11.7. The van der Waals surface area contributed by atoms with Gasteiger partial charge < -0.3 is 14.4 Å². The Morgan fingerprint density at radius 2 is 1.97 bits per heavy atom. The van der Waals surface area contributed by atoms with Gasteiger partial charge in [-0.3, -0.25) is 14.8 Å². The van der Waals surface area contributed by atoms with Gasteiger partial charge in [-0.2, -0.15) is 0 Å². The Morgan fingerprint density at radius 3 is 2.70 bits per heavy atom. The third-order valence-electron chi connectivity index (χ3n) is 5.35. The molecule has 0 fully saturated rings. The summed E-state index contributed by atoms with van der Waals surface area (Å²) in [5.74, 6) is -0.581. The molecule has 1 heterocycles. The van der Waals surface area contributed by atoms with E-state index in [0.717, 1.165) is 35.5 Å². The van der Waals surface area contributed by atoms with Gasteiger partial charge in [-0.25, -0.2) is 10.3 Å². The Kier molecular flexibility index (Phi) is 8.73. The van der Waals surface area contributed by atoms with Crippen LogP contribution in [0.4, 0.5) is 5.69 Å². The molecule has 0 saturated heterocycles. The summed E-state index contributed by atoms with van der Waals surface area (Å²) in [5.41, 5.74) is 3.46. The number of hydrogen-bond donors (Lipinski definition) is 2. The highest BCUT2D eigenvalue weighted by atomic mass is 32.2. The van der Waals surface area contributed by atoms with Crippen LogP contribution in [0.2, 0.25) is 0 Å². The van der Waals surface area contributed by atoms with E-state index >= 15 is 0 Å². The lowest BCUT2D eigenvalue weighted by Crippen LogP contribution is -2.46. The molecular formula is C24H28N2O6S. The Balaban J connectivity index is 1.72. The molecule has 3 rings (SSSR count). The van der Waals surface area contributed by atoms with Gasteiger partial charge in [-0.15, -0.1) is 11.8 Å². The van der Waals surface area contributed by atoms with E-state index in [2.05, 4.69) is 0 Å². The molecule has 1 atom stereocenters. The van der Waals surface area contributed by atoms with Crippen LogP contribution in [0.25, 0.3) is 0 Å². The fourth-order valence-corrected chi connectivity index (χ4v) is 5.00. The summed E-state index contributed by atoms with van der Waals surface area (Å²) in [4.78, 5) is 39.4. The molecule has 0 bridgehead atoms. The van der Waals surface area contributed by atoms with Crippen molar-refractivity contribution in [3.63, 3.8) is 0 Å². The van der Waals surface area contributed by atoms with Crippen LogP contribution in [0, 0.1) is 0 Å². The van der Waals surface area contributed by atoms with Crippen LogP contribution in [-0.2, 0) is 20.7 Å². The molecule has 2 N–H and O–H groups in total. The summed E-state index contributed by atoms with van der Waals surface area (Å²) < 4.78 is 10.4. The average Bonchev–Trinajstić information content (AvgIpc) is 2.83. The lowest BCUT2D eigenvalue weighted by molar-refractivity contribution is -0.129. The largest absolute Gasteiger partial charge is 0.496 e. The van der Waals surface area contributed by atoms with E-state index in [1.165, 1.54) is 16.7 Å². The van der Waals surface area contributed by atoms with E-state index in [-0.39, 0.29) is 24.3 Å². The number of ether oxygens (including phenoxy) is 2. The van der Waals surface area contributed by atoms with Gasteiger partial charge >= 0.3 is 5.97 Å². The first kappa shape index (κ1) is 24.6. The highest BCUT2D eigenvalue weighted by molar-refractivity contribution is 8.01. The van der Waals surface area contributed by atoms with Gasteiger partial charge in [0.05, 0.1) is 30.2 Å². The van der Waals surface area contributed by atoms with Gasteiger partial charge in [0.15, 0.2) is 0 Å². The van der Waals surface area contributed by atoms with Crippen molar-refractivity contribution in [2.45, 2.75) is 42.8 Å². The summed E-state index contributed by atoms with van der Waals surface area (Å²) in [5, 5.41) is 8.61. The maximum absolute atomic E-state index is 13.2. The van der Waals surface area contributed by atoms with Crippen molar-refractivity contribution < 1.29 is 29.1 Å². The molecule has 1 aliphatic rings. The number of carbonyl (C=O) groups excluding carboxylic acids is 3. The van der Waals surface area contributed by atoms with Crippen LogP contribution in [0.15, 0.2) is 47.4 Å². The number of aryl methyl sites for hydroxylation is 1. The van der Waals surface area contributed by atoms with E-state index in [1.54, 1.807) is 37.7 Å². The maximum Gasteiger partial charge on any atom is 0.338 e. The predicted molar refractivity (Wildman–Crippen MR) is 125 cm³/mol. The topological polar surface area (TPSA) is 105 Å². The number of benzene rings is 2. The second-order valence-electron chi connectivity index (χ2n) is 7.53. The number of methoxy groups -OCH3 is 1. The van der Waals surface area contributed by atoms with Crippen molar-refractivity contribution in [1.29, 1.82) is 0 Å². The number of para-hydroxylation sites is 1. The standard InChI is InChI=1S/C24H28N2O6S/c1-3-32-24(29)17-12-13-20-18(14-17)26(15-22(27)25-30)23(28)21(33-20)11-7-5-9-16-8-4-6-10-19(16)31-2/h4,6,8,10,12-14,21,30H,3,5,7,9,11,15H2,1-2H3,(H,25,27). The second-order valence-corrected chi connectivity index (χ2v) is 8.77. The van der Waals surface area contributed by atoms with Crippen molar-refractivity contribution in [3.8, 4) is 5.75 Å². The van der Waals surface area contributed by atoms with Gasteiger partial charge in [0.1, 0.15) is 12.3 Å². The minimum Gasteiger partial charge on any atom is -0.496 e. The third kappa shape index (κ3) is 6.06. The van der Waals surface area contributed by atoms with Crippen LogP contribution in [0.1, 0.15) is 42.1 Å². The van der Waals surface area contributed by atoms with Crippen molar-refractivity contribution in [3.05, 3.63) is 53.6 Å². The van der Waals surface area contributed by atoms with Gasteiger partial charge in [-0.1, -0.05) is 24.6 Å². The van der Waals surface area contributed by atoms with Crippen molar-refractivity contribution in [2.24, 2.45) is 0 Å². The summed E-state index contributed by atoms with van der Waals surface area (Å²) in [7, 11) is 1.65. The summed E-state index contributed by atoms with van der Waals surface area (Å²) in [6.45, 7) is 1.61. The monoisotopic (exact) mass is 472 g/mol. The van der Waals surface area contributed by atoms with Crippen molar-refractivity contribution >= 4 is 35.2 Å². The molecule has 1 unspecified atom stereocenters. The zero-order valence-electron chi connectivity index (χ0n) is 18.7. The molecule has 0 saturated carbocycles. The van der Waals surface area contributed by atoms with Crippen molar-refractivity contribution in [2.75, 3.05) is 25.2 Å². The first-order valence-electron chi connectivity index (χ1n) is 10.8. The van der Waals surface area contributed by atoms with E-state index in [1.807, 2.05) is 24.3 Å². The number of thioether (sulfide) groups is 1. The van der Waals surface area contributed by atoms with Crippen molar-refractivity contribution in [1.82, 2.24) is 5.48 Å². The van der Waals surface area contributed by atoms with Crippen LogP contribution in [0.5, 0.6) is 5.75 Å². The van der Waals surface area contributed by atoms with Gasteiger partial charge in [0.2, 0.25) is 5.91 Å². The molecule has 0 radical (unpaired) electrons. The molecule has 0 aliphatic carbocycles. The van der Waals surface area contributed by atoms with Gasteiger partial charge in [0, 0.05) is 4.90 Å². The SMILES string of the molecule is CCOC(=O)c1ccc2c(c1)N(CC(=O)NO)C(=O)C(CCCCc1ccccc1OC)S2.